The summed E-state index contributed by atoms with van der Waals surface area (Å²) in [5.41, 5.74) is 2.56. The molecule has 3 aromatic rings. The molecule has 184 valence electrons. The van der Waals surface area contributed by atoms with Gasteiger partial charge < -0.3 is 14.6 Å². The van der Waals surface area contributed by atoms with Crippen LogP contribution in [0.1, 0.15) is 45.4 Å². The molecule has 0 radical (unpaired) electrons. The minimum atomic E-state index is -0.617. The number of ether oxygens (including phenoxy) is 2. The smallest absolute Gasteiger partial charge is 0.227 e. The number of hydrogen-bond donors (Lipinski definition) is 1. The van der Waals surface area contributed by atoms with Crippen LogP contribution >= 0.6 is 0 Å². The Kier molecular flexibility index (Phi) is 9.21. The first-order valence-corrected chi connectivity index (χ1v) is 11.9. The lowest BCUT2D eigenvalue weighted by atomic mass is 10.1. The van der Waals surface area contributed by atoms with Gasteiger partial charge in [-0.1, -0.05) is 31.2 Å². The average molecular weight is 470 g/mol. The van der Waals surface area contributed by atoms with Crippen molar-refractivity contribution >= 4 is 0 Å². The third kappa shape index (κ3) is 6.88. The predicted molar refractivity (Wildman–Crippen MR) is 132 cm³/mol. The number of hydrogen-bond acceptors (Lipinski definition) is 5. The van der Waals surface area contributed by atoms with Crippen LogP contribution in [0, 0.1) is 12.7 Å². The molecule has 1 aromatic heterocycles. The minimum absolute atomic E-state index is 0.0596. The molecule has 2 atom stereocenters. The molecule has 6 nitrogen and oxygen atoms in total. The first-order chi connectivity index (χ1) is 16.3. The van der Waals surface area contributed by atoms with Crippen molar-refractivity contribution in [2.24, 2.45) is 0 Å². The zero-order chi connectivity index (χ0) is 24.7. The van der Waals surface area contributed by atoms with Gasteiger partial charge in [0.15, 0.2) is 0 Å². The molecule has 0 saturated heterocycles. The largest absolute Gasteiger partial charge is 0.438 e. The lowest BCUT2D eigenvalue weighted by molar-refractivity contribution is -0.0150. The SMILES string of the molecule is CCC(C)N(Cc1c(C)nn(-c2ccccc2)c1Oc1cccc(F)c1)CC(O)COC(C)C. The van der Waals surface area contributed by atoms with E-state index in [1.165, 1.54) is 12.1 Å². The summed E-state index contributed by atoms with van der Waals surface area (Å²) in [7, 11) is 0. The first-order valence-electron chi connectivity index (χ1n) is 11.9. The lowest BCUT2D eigenvalue weighted by Crippen LogP contribution is -2.40. The van der Waals surface area contributed by atoms with Gasteiger partial charge in [0.05, 0.1) is 35.8 Å². The highest BCUT2D eigenvalue weighted by molar-refractivity contribution is 5.43. The van der Waals surface area contributed by atoms with Crippen molar-refractivity contribution in [2.45, 2.75) is 65.8 Å². The standard InChI is InChI=1S/C27H36FN3O3/c1-6-20(4)30(16-24(32)18-33-19(2)3)17-26-21(5)29-31(23-12-8-7-9-13-23)27(26)34-25-14-10-11-22(28)15-25/h7-15,19-20,24,32H,6,16-18H2,1-5H3. The molecule has 0 fully saturated rings. The van der Waals surface area contributed by atoms with Crippen LogP contribution in [-0.2, 0) is 11.3 Å². The van der Waals surface area contributed by atoms with Crippen LogP contribution in [-0.4, -0.2) is 51.2 Å². The number of rotatable bonds is 12. The van der Waals surface area contributed by atoms with E-state index in [9.17, 15) is 9.50 Å². The normalized spacial score (nSPS) is 13.4. The van der Waals surface area contributed by atoms with Crippen LogP contribution in [0.5, 0.6) is 11.6 Å². The van der Waals surface area contributed by atoms with Gasteiger partial charge in [-0.25, -0.2) is 9.07 Å². The zero-order valence-electron chi connectivity index (χ0n) is 20.7. The van der Waals surface area contributed by atoms with E-state index in [0.717, 1.165) is 23.4 Å². The third-order valence-corrected chi connectivity index (χ3v) is 5.79. The van der Waals surface area contributed by atoms with Gasteiger partial charge in [-0.3, -0.25) is 4.90 Å². The van der Waals surface area contributed by atoms with Gasteiger partial charge in [-0.05, 0) is 58.4 Å². The summed E-state index contributed by atoms with van der Waals surface area (Å²) in [6.45, 7) is 11.4. The zero-order valence-corrected chi connectivity index (χ0v) is 20.7. The minimum Gasteiger partial charge on any atom is -0.438 e. The molecule has 34 heavy (non-hydrogen) atoms. The van der Waals surface area contributed by atoms with E-state index in [2.05, 4.69) is 18.7 Å². The Balaban J connectivity index is 1.96. The van der Waals surface area contributed by atoms with Crippen molar-refractivity contribution in [1.82, 2.24) is 14.7 Å². The van der Waals surface area contributed by atoms with Crippen molar-refractivity contribution in [3.05, 3.63) is 71.7 Å². The van der Waals surface area contributed by atoms with Crippen LogP contribution in [0.3, 0.4) is 0 Å². The topological polar surface area (TPSA) is 59.8 Å². The van der Waals surface area contributed by atoms with Gasteiger partial charge in [0, 0.05) is 25.2 Å². The molecule has 0 aliphatic carbocycles. The molecule has 7 heteroatoms. The molecule has 0 aliphatic heterocycles. The Hall–Kier alpha value is -2.74. The Labute approximate surface area is 201 Å². The Morgan fingerprint density at radius 2 is 1.82 bits per heavy atom. The van der Waals surface area contributed by atoms with Crippen molar-refractivity contribution in [3.8, 4) is 17.3 Å². The number of aromatic nitrogens is 2. The quantitative estimate of drug-likeness (QED) is 0.380. The number of aryl methyl sites for hydroxylation is 1. The van der Waals surface area contributed by atoms with E-state index >= 15 is 0 Å². The van der Waals surface area contributed by atoms with E-state index in [4.69, 9.17) is 14.6 Å². The molecule has 0 amide bonds. The fraction of sp³-hybridized carbons (Fsp3) is 0.444. The first kappa shape index (κ1) is 25.9. The Morgan fingerprint density at radius 1 is 1.09 bits per heavy atom. The second-order valence-corrected chi connectivity index (χ2v) is 8.90. The average Bonchev–Trinajstić information content (AvgIpc) is 3.12. The molecule has 2 unspecified atom stereocenters. The molecular weight excluding hydrogens is 433 g/mol. The van der Waals surface area contributed by atoms with E-state index in [1.807, 2.05) is 51.1 Å². The molecule has 0 bridgehead atoms. The van der Waals surface area contributed by atoms with Crippen LogP contribution in [0.2, 0.25) is 0 Å². The highest BCUT2D eigenvalue weighted by Crippen LogP contribution is 2.32. The summed E-state index contributed by atoms with van der Waals surface area (Å²) in [4.78, 5) is 2.21. The maximum Gasteiger partial charge on any atom is 0.227 e. The molecule has 1 heterocycles. The number of nitrogens with zero attached hydrogens (tertiary/aromatic N) is 3. The third-order valence-electron chi connectivity index (χ3n) is 5.79. The molecule has 2 aromatic carbocycles. The fourth-order valence-corrected chi connectivity index (χ4v) is 3.70. The number of aliphatic hydroxyl groups excluding tert-OH is 1. The van der Waals surface area contributed by atoms with Gasteiger partial charge in [0.1, 0.15) is 11.6 Å². The predicted octanol–water partition coefficient (Wildman–Crippen LogP) is 5.50. The summed E-state index contributed by atoms with van der Waals surface area (Å²) < 4.78 is 27.5. The number of benzene rings is 2. The van der Waals surface area contributed by atoms with Crippen LogP contribution in [0.25, 0.3) is 5.69 Å². The Morgan fingerprint density at radius 3 is 2.47 bits per heavy atom. The number of halogens is 1. The van der Waals surface area contributed by atoms with E-state index in [0.29, 0.717) is 24.7 Å². The Bertz CT molecular complexity index is 1040. The number of para-hydroxylation sites is 1. The summed E-state index contributed by atoms with van der Waals surface area (Å²) in [6.07, 6.45) is 0.363. The maximum atomic E-state index is 13.9. The maximum absolute atomic E-state index is 13.9. The molecule has 0 saturated carbocycles. The van der Waals surface area contributed by atoms with Crippen molar-refractivity contribution in [3.63, 3.8) is 0 Å². The van der Waals surface area contributed by atoms with Crippen molar-refractivity contribution in [2.75, 3.05) is 13.2 Å². The summed E-state index contributed by atoms with van der Waals surface area (Å²) in [5, 5.41) is 15.4. The summed E-state index contributed by atoms with van der Waals surface area (Å²) in [5.74, 6) is 0.574. The summed E-state index contributed by atoms with van der Waals surface area (Å²) >= 11 is 0. The highest BCUT2D eigenvalue weighted by atomic mass is 19.1. The van der Waals surface area contributed by atoms with Crippen LogP contribution in [0.4, 0.5) is 4.39 Å². The van der Waals surface area contributed by atoms with Gasteiger partial charge in [0.2, 0.25) is 5.88 Å². The van der Waals surface area contributed by atoms with Gasteiger partial charge in [0.25, 0.3) is 0 Å². The van der Waals surface area contributed by atoms with Crippen LogP contribution in [0.15, 0.2) is 54.6 Å². The van der Waals surface area contributed by atoms with E-state index < -0.39 is 6.10 Å². The molecule has 0 spiro atoms. The molecule has 0 aliphatic rings. The molecular formula is C27H36FN3O3. The van der Waals surface area contributed by atoms with Crippen molar-refractivity contribution < 1.29 is 19.0 Å². The van der Waals surface area contributed by atoms with Gasteiger partial charge in [-0.2, -0.15) is 5.10 Å². The lowest BCUT2D eigenvalue weighted by Gasteiger charge is -2.30. The molecule has 1 N–H and O–H groups in total. The fourth-order valence-electron chi connectivity index (χ4n) is 3.70. The van der Waals surface area contributed by atoms with Crippen molar-refractivity contribution in [1.29, 1.82) is 0 Å². The summed E-state index contributed by atoms with van der Waals surface area (Å²) in [6, 6.07) is 16.0. The monoisotopic (exact) mass is 469 g/mol. The second kappa shape index (κ2) is 12.1. The van der Waals surface area contributed by atoms with E-state index in [1.54, 1.807) is 16.8 Å². The van der Waals surface area contributed by atoms with Gasteiger partial charge in [-0.15, -0.1) is 0 Å². The molecule has 3 rings (SSSR count). The van der Waals surface area contributed by atoms with E-state index in [-0.39, 0.29) is 24.6 Å². The number of aliphatic hydroxyl groups is 1. The highest BCUT2D eigenvalue weighted by Gasteiger charge is 2.25. The second-order valence-electron chi connectivity index (χ2n) is 8.90. The van der Waals surface area contributed by atoms with Gasteiger partial charge >= 0.3 is 0 Å². The van der Waals surface area contributed by atoms with Crippen LogP contribution < -0.4 is 4.74 Å².